The Balaban J connectivity index is 2.81. The molecule has 0 atom stereocenters. The monoisotopic (exact) mass is 364 g/mol. The van der Waals surface area contributed by atoms with Gasteiger partial charge in [-0.2, -0.15) is 0 Å². The molecule has 0 spiro atoms. The van der Waals surface area contributed by atoms with Crippen LogP contribution in [-0.2, 0) is 0 Å². The van der Waals surface area contributed by atoms with Gasteiger partial charge in [-0.15, -0.1) is 0 Å². The molecule has 0 amide bonds. The van der Waals surface area contributed by atoms with Gasteiger partial charge in [0.2, 0.25) is 0 Å². The van der Waals surface area contributed by atoms with Gasteiger partial charge in [0.15, 0.2) is 0 Å². The SMILES string of the molecule is Brc1ccc2nc(Br)c(Br)nc2c1. The number of hydrogen-bond acceptors (Lipinski definition) is 2. The van der Waals surface area contributed by atoms with Crippen molar-refractivity contribution in [3.63, 3.8) is 0 Å². The van der Waals surface area contributed by atoms with E-state index >= 15 is 0 Å². The smallest absolute Gasteiger partial charge is 0.139 e. The van der Waals surface area contributed by atoms with Gasteiger partial charge in [0.05, 0.1) is 11.0 Å². The maximum Gasteiger partial charge on any atom is 0.139 e. The Morgan fingerprint density at radius 2 is 1.46 bits per heavy atom. The molecule has 0 saturated heterocycles. The van der Waals surface area contributed by atoms with Crippen LogP contribution < -0.4 is 0 Å². The van der Waals surface area contributed by atoms with E-state index in [2.05, 4.69) is 57.8 Å². The molecule has 5 heteroatoms. The maximum absolute atomic E-state index is 4.31. The summed E-state index contributed by atoms with van der Waals surface area (Å²) in [4.78, 5) is 8.62. The molecule has 1 heterocycles. The Hall–Kier alpha value is -0.000000000000000111. The Labute approximate surface area is 100 Å². The molecule has 0 radical (unpaired) electrons. The van der Waals surface area contributed by atoms with Gasteiger partial charge in [-0.3, -0.25) is 0 Å². The van der Waals surface area contributed by atoms with E-state index < -0.39 is 0 Å². The lowest BCUT2D eigenvalue weighted by molar-refractivity contribution is 1.21. The number of benzene rings is 1. The van der Waals surface area contributed by atoms with Crippen molar-refractivity contribution in [3.05, 3.63) is 31.9 Å². The topological polar surface area (TPSA) is 25.8 Å². The molecule has 0 unspecified atom stereocenters. The second-order valence-corrected chi connectivity index (χ2v) is 4.86. The van der Waals surface area contributed by atoms with Crippen molar-refractivity contribution in [1.82, 2.24) is 9.97 Å². The van der Waals surface area contributed by atoms with Crippen LogP contribution in [0.5, 0.6) is 0 Å². The van der Waals surface area contributed by atoms with Crippen molar-refractivity contribution < 1.29 is 0 Å². The van der Waals surface area contributed by atoms with Gasteiger partial charge in [-0.1, -0.05) is 15.9 Å². The molecule has 0 N–H and O–H groups in total. The Kier molecular flexibility index (Phi) is 2.67. The number of hydrogen-bond donors (Lipinski definition) is 0. The van der Waals surface area contributed by atoms with Crippen LogP contribution >= 0.6 is 47.8 Å². The van der Waals surface area contributed by atoms with Crippen LogP contribution in [0.3, 0.4) is 0 Å². The first kappa shape index (κ1) is 9.55. The lowest BCUT2D eigenvalue weighted by Crippen LogP contribution is -1.86. The third-order valence-electron chi connectivity index (χ3n) is 1.54. The Bertz CT molecular complexity index is 470. The minimum Gasteiger partial charge on any atom is -0.236 e. The first-order chi connectivity index (χ1) is 6.16. The van der Waals surface area contributed by atoms with E-state index in [9.17, 15) is 0 Å². The summed E-state index contributed by atoms with van der Waals surface area (Å²) in [7, 11) is 0. The third kappa shape index (κ3) is 1.92. The molecule has 0 bridgehead atoms. The van der Waals surface area contributed by atoms with Crippen molar-refractivity contribution in [2.45, 2.75) is 0 Å². The third-order valence-corrected chi connectivity index (χ3v) is 3.68. The molecule has 13 heavy (non-hydrogen) atoms. The summed E-state index contributed by atoms with van der Waals surface area (Å²) < 4.78 is 2.45. The zero-order chi connectivity index (χ0) is 9.42. The van der Waals surface area contributed by atoms with Crippen LogP contribution in [0.2, 0.25) is 0 Å². The molecular weight excluding hydrogens is 364 g/mol. The standard InChI is InChI=1S/C8H3Br3N2/c9-4-1-2-5-6(3-4)13-8(11)7(10)12-5/h1-3H. The van der Waals surface area contributed by atoms with Gasteiger partial charge in [0.25, 0.3) is 0 Å². The van der Waals surface area contributed by atoms with Gasteiger partial charge in [-0.25, -0.2) is 9.97 Å². The van der Waals surface area contributed by atoms with Crippen LogP contribution in [0.1, 0.15) is 0 Å². The highest BCUT2D eigenvalue weighted by molar-refractivity contribution is 9.13. The van der Waals surface area contributed by atoms with E-state index in [-0.39, 0.29) is 0 Å². The number of nitrogens with zero attached hydrogens (tertiary/aromatic N) is 2. The Morgan fingerprint density at radius 1 is 0.846 bits per heavy atom. The molecule has 0 aliphatic carbocycles. The van der Waals surface area contributed by atoms with Crippen molar-refractivity contribution in [1.29, 1.82) is 0 Å². The zero-order valence-corrected chi connectivity index (χ0v) is 11.0. The molecule has 2 nitrogen and oxygen atoms in total. The van der Waals surface area contributed by atoms with E-state index in [0.717, 1.165) is 24.7 Å². The first-order valence-corrected chi connectivity index (χ1v) is 5.83. The molecule has 0 aliphatic rings. The molecule has 2 rings (SSSR count). The molecule has 66 valence electrons. The van der Waals surface area contributed by atoms with Crippen LogP contribution in [0, 0.1) is 0 Å². The minimum atomic E-state index is 0.720. The summed E-state index contributed by atoms with van der Waals surface area (Å²) >= 11 is 9.99. The molecule has 0 fully saturated rings. The largest absolute Gasteiger partial charge is 0.236 e. The van der Waals surface area contributed by atoms with Gasteiger partial charge in [0.1, 0.15) is 9.21 Å². The van der Waals surface area contributed by atoms with Crippen LogP contribution in [-0.4, -0.2) is 9.97 Å². The number of rotatable bonds is 0. The molecule has 0 aliphatic heterocycles. The van der Waals surface area contributed by atoms with Gasteiger partial charge < -0.3 is 0 Å². The normalized spacial score (nSPS) is 10.7. The van der Waals surface area contributed by atoms with Gasteiger partial charge in [-0.05, 0) is 50.1 Å². The molecule has 2 aromatic rings. The van der Waals surface area contributed by atoms with Crippen molar-refractivity contribution in [2.75, 3.05) is 0 Å². The van der Waals surface area contributed by atoms with E-state index in [0.29, 0.717) is 0 Å². The van der Waals surface area contributed by atoms with E-state index in [1.807, 2.05) is 18.2 Å². The van der Waals surface area contributed by atoms with E-state index in [4.69, 9.17) is 0 Å². The number of fused-ring (bicyclic) bond motifs is 1. The number of aromatic nitrogens is 2. The fourth-order valence-corrected chi connectivity index (χ4v) is 1.89. The molecular formula is C8H3Br3N2. The highest BCUT2D eigenvalue weighted by Crippen LogP contribution is 2.23. The quantitative estimate of drug-likeness (QED) is 0.706. The molecule has 1 aromatic heterocycles. The predicted molar refractivity (Wildman–Crippen MR) is 62.6 cm³/mol. The summed E-state index contributed by atoms with van der Waals surface area (Å²) in [5.41, 5.74) is 1.74. The second-order valence-electron chi connectivity index (χ2n) is 2.44. The zero-order valence-electron chi connectivity index (χ0n) is 6.26. The fraction of sp³-hybridized carbons (Fsp3) is 0. The van der Waals surface area contributed by atoms with Gasteiger partial charge >= 0.3 is 0 Å². The summed E-state index contributed by atoms with van der Waals surface area (Å²) in [5.74, 6) is 0. The fourth-order valence-electron chi connectivity index (χ4n) is 0.984. The van der Waals surface area contributed by atoms with Crippen LogP contribution in [0.15, 0.2) is 31.9 Å². The lowest BCUT2D eigenvalue weighted by atomic mass is 10.3. The average molecular weight is 367 g/mol. The molecule has 1 aromatic carbocycles. The first-order valence-electron chi connectivity index (χ1n) is 3.45. The second kappa shape index (κ2) is 3.63. The summed E-state index contributed by atoms with van der Waals surface area (Å²) in [6, 6.07) is 5.79. The summed E-state index contributed by atoms with van der Waals surface area (Å²) in [5, 5.41) is 0. The van der Waals surface area contributed by atoms with Crippen LogP contribution in [0.4, 0.5) is 0 Å². The van der Waals surface area contributed by atoms with Crippen molar-refractivity contribution in [3.8, 4) is 0 Å². The minimum absolute atomic E-state index is 0.720. The highest BCUT2D eigenvalue weighted by Gasteiger charge is 2.03. The summed E-state index contributed by atoms with van der Waals surface area (Å²) in [6.07, 6.45) is 0. The summed E-state index contributed by atoms with van der Waals surface area (Å²) in [6.45, 7) is 0. The lowest BCUT2D eigenvalue weighted by Gasteiger charge is -1.99. The van der Waals surface area contributed by atoms with Gasteiger partial charge in [0, 0.05) is 4.47 Å². The van der Waals surface area contributed by atoms with E-state index in [1.165, 1.54) is 0 Å². The highest BCUT2D eigenvalue weighted by atomic mass is 79.9. The van der Waals surface area contributed by atoms with Crippen LogP contribution in [0.25, 0.3) is 11.0 Å². The average Bonchev–Trinajstić information content (AvgIpc) is 2.08. The predicted octanol–water partition coefficient (Wildman–Crippen LogP) is 3.92. The van der Waals surface area contributed by atoms with Crippen molar-refractivity contribution in [2.24, 2.45) is 0 Å². The number of halogens is 3. The maximum atomic E-state index is 4.31. The molecule has 0 saturated carbocycles. The Morgan fingerprint density at radius 3 is 2.15 bits per heavy atom. The van der Waals surface area contributed by atoms with Crippen molar-refractivity contribution >= 4 is 58.8 Å². The van der Waals surface area contributed by atoms with E-state index in [1.54, 1.807) is 0 Å².